The fourth-order valence-electron chi connectivity index (χ4n) is 3.90. The van der Waals surface area contributed by atoms with Crippen LogP contribution in [0.3, 0.4) is 0 Å². The second-order valence-electron chi connectivity index (χ2n) is 8.43. The van der Waals surface area contributed by atoms with Crippen molar-refractivity contribution in [2.45, 2.75) is 12.5 Å². The van der Waals surface area contributed by atoms with Gasteiger partial charge in [0, 0.05) is 35.0 Å². The molecule has 2 aliphatic heterocycles. The van der Waals surface area contributed by atoms with Gasteiger partial charge in [-0.15, -0.1) is 11.6 Å². The molecule has 3 N–H and O–H groups in total. The van der Waals surface area contributed by atoms with Crippen LogP contribution < -0.4 is 10.5 Å². The molecule has 34 heavy (non-hydrogen) atoms. The van der Waals surface area contributed by atoms with Crippen LogP contribution in [0.5, 0.6) is 11.6 Å². The lowest BCUT2D eigenvalue weighted by molar-refractivity contribution is 0.209. The number of aliphatic imine (C=N–C) groups is 1. The highest BCUT2D eigenvalue weighted by Crippen LogP contribution is 2.51. The van der Waals surface area contributed by atoms with Crippen molar-refractivity contribution in [2.75, 3.05) is 19.1 Å². The molecule has 0 unspecified atom stereocenters. The van der Waals surface area contributed by atoms with Crippen LogP contribution in [0, 0.1) is 23.2 Å². The molecule has 2 atom stereocenters. The number of benzene rings is 1. The van der Waals surface area contributed by atoms with Gasteiger partial charge in [0.1, 0.15) is 12.4 Å². The lowest BCUT2D eigenvalue weighted by atomic mass is 9.81. The van der Waals surface area contributed by atoms with Gasteiger partial charge in [0.25, 0.3) is 6.02 Å². The van der Waals surface area contributed by atoms with Crippen molar-refractivity contribution in [1.29, 1.82) is 0 Å². The van der Waals surface area contributed by atoms with Crippen molar-refractivity contribution in [1.82, 2.24) is 9.97 Å². The van der Waals surface area contributed by atoms with E-state index >= 15 is 0 Å². The van der Waals surface area contributed by atoms with E-state index in [4.69, 9.17) is 26.8 Å². The van der Waals surface area contributed by atoms with Crippen molar-refractivity contribution in [2.24, 2.45) is 16.1 Å². The number of fused-ring (bicyclic) bond motifs is 4. The Hall–Kier alpha value is -3.67. The minimum atomic E-state index is -1.04. The third-order valence-corrected chi connectivity index (χ3v) is 6.47. The van der Waals surface area contributed by atoms with Crippen molar-refractivity contribution in [3.63, 3.8) is 0 Å². The van der Waals surface area contributed by atoms with E-state index in [1.807, 2.05) is 6.07 Å². The van der Waals surface area contributed by atoms with Crippen LogP contribution in [-0.2, 0) is 10.3 Å². The normalized spacial score (nSPS) is 19.6. The summed E-state index contributed by atoms with van der Waals surface area (Å²) >= 11 is 5.96. The molecule has 0 fully saturated rings. The van der Waals surface area contributed by atoms with E-state index in [0.29, 0.717) is 39.4 Å². The Morgan fingerprint density at radius 3 is 2.82 bits per heavy atom. The van der Waals surface area contributed by atoms with Crippen LogP contribution in [0.4, 0.5) is 4.39 Å². The summed E-state index contributed by atoms with van der Waals surface area (Å²) in [7, 11) is 0. The SMILES string of the molecule is C[C@](C#Cc1cnc2c(c1)[C@]1(COC(N)=N1)c1cc(-c3cccnc3F)ccc1O2)(CO)CCl. The molecule has 9 heteroatoms. The van der Waals surface area contributed by atoms with Gasteiger partial charge in [-0.2, -0.15) is 4.39 Å². The monoisotopic (exact) mass is 478 g/mol. The number of aliphatic hydroxyl groups is 1. The molecular weight excluding hydrogens is 459 g/mol. The zero-order valence-electron chi connectivity index (χ0n) is 18.2. The van der Waals surface area contributed by atoms with Gasteiger partial charge < -0.3 is 20.3 Å². The largest absolute Gasteiger partial charge is 0.462 e. The molecule has 2 aromatic heterocycles. The van der Waals surface area contributed by atoms with Crippen LogP contribution in [0.25, 0.3) is 11.1 Å². The summed E-state index contributed by atoms with van der Waals surface area (Å²) in [4.78, 5) is 12.8. The number of aromatic nitrogens is 2. The third kappa shape index (κ3) is 3.63. The molecule has 4 heterocycles. The maximum absolute atomic E-state index is 14.4. The maximum atomic E-state index is 14.4. The van der Waals surface area contributed by atoms with Crippen molar-refractivity contribution in [3.8, 4) is 34.6 Å². The number of alkyl halides is 1. The number of rotatable bonds is 3. The smallest absolute Gasteiger partial charge is 0.283 e. The third-order valence-electron chi connectivity index (χ3n) is 5.88. The lowest BCUT2D eigenvalue weighted by Crippen LogP contribution is -2.31. The molecule has 5 rings (SSSR count). The summed E-state index contributed by atoms with van der Waals surface area (Å²) in [5.41, 5.74) is 6.98. The Morgan fingerprint density at radius 1 is 1.26 bits per heavy atom. The van der Waals surface area contributed by atoms with Gasteiger partial charge >= 0.3 is 0 Å². The van der Waals surface area contributed by atoms with Gasteiger partial charge in [-0.05, 0) is 42.8 Å². The van der Waals surface area contributed by atoms with E-state index in [2.05, 4.69) is 26.8 Å². The Balaban J connectivity index is 1.66. The number of amidine groups is 1. The highest BCUT2D eigenvalue weighted by molar-refractivity contribution is 6.18. The number of hydrogen-bond acceptors (Lipinski definition) is 7. The molecule has 3 aromatic rings. The maximum Gasteiger partial charge on any atom is 0.283 e. The highest BCUT2D eigenvalue weighted by Gasteiger charge is 2.48. The fourth-order valence-corrected chi connectivity index (χ4v) is 4.06. The van der Waals surface area contributed by atoms with Gasteiger partial charge in [0.15, 0.2) is 5.54 Å². The molecule has 7 nitrogen and oxygen atoms in total. The topological polar surface area (TPSA) is 103 Å². The molecule has 1 aromatic carbocycles. The van der Waals surface area contributed by atoms with E-state index in [-0.39, 0.29) is 25.1 Å². The zero-order valence-corrected chi connectivity index (χ0v) is 18.9. The van der Waals surface area contributed by atoms with Crippen LogP contribution in [0.1, 0.15) is 23.6 Å². The first kappa shape index (κ1) is 22.1. The van der Waals surface area contributed by atoms with Crippen molar-refractivity contribution < 1.29 is 19.0 Å². The summed E-state index contributed by atoms with van der Waals surface area (Å²) in [5.74, 6) is 6.51. The van der Waals surface area contributed by atoms with Crippen LogP contribution in [0.15, 0.2) is 53.8 Å². The molecule has 1 spiro atoms. The standard InChI is InChI=1S/C25H20ClFN4O3/c1-24(12-26,13-32)7-6-15-9-19-22(30-11-15)34-20-5-4-16(17-3-2-8-29-21(17)27)10-18(20)25(19)14-33-23(28)31-25/h2-5,8-11,32H,12-14H2,1H3,(H2,28,31)/t24-,25+/m1/s1. The van der Waals surface area contributed by atoms with Crippen molar-refractivity contribution in [3.05, 3.63) is 71.4 Å². The molecule has 0 radical (unpaired) electrons. The zero-order chi connectivity index (χ0) is 23.9. The summed E-state index contributed by atoms with van der Waals surface area (Å²) in [6.07, 6.45) is 2.98. The van der Waals surface area contributed by atoms with E-state index in [9.17, 15) is 9.50 Å². The van der Waals surface area contributed by atoms with Gasteiger partial charge in [-0.25, -0.2) is 15.0 Å². The molecule has 2 aliphatic rings. The number of nitrogens with zero attached hydrogens (tertiary/aromatic N) is 3. The molecule has 0 amide bonds. The van der Waals surface area contributed by atoms with Gasteiger partial charge in [0.2, 0.25) is 11.8 Å². The Kier molecular flexibility index (Phi) is 5.39. The quantitative estimate of drug-likeness (QED) is 0.339. The Bertz CT molecular complexity index is 1380. The number of ether oxygens (including phenoxy) is 2. The first-order chi connectivity index (χ1) is 16.4. The number of nitrogens with two attached hydrogens (primary N) is 1. The van der Waals surface area contributed by atoms with E-state index in [1.54, 1.807) is 43.5 Å². The Labute approximate surface area is 200 Å². The molecule has 0 saturated carbocycles. The second-order valence-corrected chi connectivity index (χ2v) is 8.70. The van der Waals surface area contributed by atoms with E-state index in [1.165, 1.54) is 6.20 Å². The molecule has 172 valence electrons. The first-order valence-electron chi connectivity index (χ1n) is 10.5. The van der Waals surface area contributed by atoms with Crippen LogP contribution in [0.2, 0.25) is 0 Å². The molecule has 0 bridgehead atoms. The average Bonchev–Trinajstić information content (AvgIpc) is 3.25. The second kappa shape index (κ2) is 8.28. The minimum absolute atomic E-state index is 0.0308. The number of halogens is 2. The van der Waals surface area contributed by atoms with Gasteiger partial charge in [0.05, 0.1) is 17.6 Å². The lowest BCUT2D eigenvalue weighted by Gasteiger charge is -2.33. The average molecular weight is 479 g/mol. The number of aliphatic hydroxyl groups excluding tert-OH is 1. The summed E-state index contributed by atoms with van der Waals surface area (Å²) in [6.45, 7) is 1.72. The van der Waals surface area contributed by atoms with Crippen LogP contribution >= 0.6 is 11.6 Å². The van der Waals surface area contributed by atoms with Crippen LogP contribution in [-0.4, -0.2) is 40.2 Å². The molecular formula is C25H20ClFN4O3. The van der Waals surface area contributed by atoms with E-state index < -0.39 is 16.9 Å². The highest BCUT2D eigenvalue weighted by atomic mass is 35.5. The Morgan fingerprint density at radius 2 is 2.12 bits per heavy atom. The minimum Gasteiger partial charge on any atom is -0.462 e. The summed E-state index contributed by atoms with van der Waals surface area (Å²) in [5, 5.41) is 9.60. The molecule has 0 saturated heterocycles. The number of hydrogen-bond donors (Lipinski definition) is 2. The van der Waals surface area contributed by atoms with Gasteiger partial charge in [-0.1, -0.05) is 17.9 Å². The van der Waals surface area contributed by atoms with E-state index in [0.717, 1.165) is 0 Å². The number of pyridine rings is 2. The predicted octanol–water partition coefficient (Wildman–Crippen LogP) is 3.57. The summed E-state index contributed by atoms with van der Waals surface area (Å²) < 4.78 is 26.1. The van der Waals surface area contributed by atoms with Crippen molar-refractivity contribution >= 4 is 17.6 Å². The summed E-state index contributed by atoms with van der Waals surface area (Å²) in [6, 6.07) is 10.5. The van der Waals surface area contributed by atoms with Gasteiger partial charge in [-0.3, -0.25) is 0 Å². The fraction of sp³-hybridized carbons (Fsp3) is 0.240. The molecule has 0 aliphatic carbocycles. The first-order valence-corrected chi connectivity index (χ1v) is 11.0. The predicted molar refractivity (Wildman–Crippen MR) is 125 cm³/mol.